The second kappa shape index (κ2) is 6.88. The Kier molecular flexibility index (Phi) is 4.92. The lowest BCUT2D eigenvalue weighted by Gasteiger charge is -2.13. The molecule has 1 aliphatic carbocycles. The number of benzene rings is 1. The quantitative estimate of drug-likeness (QED) is 0.802. The van der Waals surface area contributed by atoms with Gasteiger partial charge in [0, 0.05) is 6.54 Å². The minimum atomic E-state index is -0.972. The summed E-state index contributed by atoms with van der Waals surface area (Å²) in [5, 5.41) is 4.71. The monoisotopic (exact) mass is 290 g/mol. The molecule has 3 amide bonds. The van der Waals surface area contributed by atoms with Crippen LogP contribution in [-0.2, 0) is 20.9 Å². The molecule has 1 atom stereocenters. The zero-order chi connectivity index (χ0) is 15.2. The van der Waals surface area contributed by atoms with Crippen LogP contribution in [0.25, 0.3) is 0 Å². The van der Waals surface area contributed by atoms with Crippen LogP contribution in [0.2, 0.25) is 0 Å². The Bertz CT molecular complexity index is 526. The maximum absolute atomic E-state index is 11.7. The molecule has 1 saturated carbocycles. The van der Waals surface area contributed by atoms with Crippen LogP contribution in [0, 0.1) is 5.92 Å². The highest BCUT2D eigenvalue weighted by Gasteiger charge is 2.33. The fourth-order valence-electron chi connectivity index (χ4n) is 1.68. The molecule has 1 aromatic rings. The fraction of sp³-hybridized carbons (Fsp3) is 0.400. The summed E-state index contributed by atoms with van der Waals surface area (Å²) >= 11 is 0. The van der Waals surface area contributed by atoms with Crippen molar-refractivity contribution in [2.45, 2.75) is 32.4 Å². The van der Waals surface area contributed by atoms with Gasteiger partial charge in [0.2, 0.25) is 0 Å². The molecular formula is C15H18N2O4. The van der Waals surface area contributed by atoms with Gasteiger partial charge < -0.3 is 10.1 Å². The smallest absolute Gasteiger partial charge is 0.321 e. The zero-order valence-corrected chi connectivity index (χ0v) is 11.8. The number of carbonyl (C=O) groups is 3. The van der Waals surface area contributed by atoms with E-state index in [1.807, 2.05) is 30.3 Å². The minimum Gasteiger partial charge on any atom is -0.452 e. The lowest BCUT2D eigenvalue weighted by atomic mass is 10.2. The van der Waals surface area contributed by atoms with Gasteiger partial charge in [0.05, 0.1) is 5.92 Å². The van der Waals surface area contributed by atoms with Crippen LogP contribution in [0.5, 0.6) is 0 Å². The van der Waals surface area contributed by atoms with Gasteiger partial charge in [0.25, 0.3) is 5.91 Å². The van der Waals surface area contributed by atoms with E-state index < -0.39 is 18.0 Å². The molecule has 2 N–H and O–H groups in total. The number of urea groups is 1. The third kappa shape index (κ3) is 4.91. The first-order valence-electron chi connectivity index (χ1n) is 6.89. The Morgan fingerprint density at radius 2 is 1.90 bits per heavy atom. The SMILES string of the molecule is CC(OC(=O)C1CC1)C(=O)NC(=O)NCc1ccccc1. The normalized spacial score (nSPS) is 14.9. The van der Waals surface area contributed by atoms with Gasteiger partial charge >= 0.3 is 12.0 Å². The first-order chi connectivity index (χ1) is 10.1. The van der Waals surface area contributed by atoms with Gasteiger partial charge in [-0.05, 0) is 25.3 Å². The van der Waals surface area contributed by atoms with E-state index in [9.17, 15) is 14.4 Å². The second-order valence-electron chi connectivity index (χ2n) is 5.01. The molecule has 6 nitrogen and oxygen atoms in total. The standard InChI is InChI=1S/C15H18N2O4/c1-10(21-14(19)12-7-8-12)13(18)17-15(20)16-9-11-5-3-2-4-6-11/h2-6,10,12H,7-9H2,1H3,(H2,16,17,18,20). The van der Waals surface area contributed by atoms with Crippen LogP contribution in [-0.4, -0.2) is 24.0 Å². The van der Waals surface area contributed by atoms with Crippen molar-refractivity contribution in [3.8, 4) is 0 Å². The van der Waals surface area contributed by atoms with Crippen LogP contribution >= 0.6 is 0 Å². The van der Waals surface area contributed by atoms with Crippen LogP contribution in [0.4, 0.5) is 4.79 Å². The number of carbonyl (C=O) groups excluding carboxylic acids is 3. The summed E-state index contributed by atoms with van der Waals surface area (Å²) in [5.41, 5.74) is 0.924. The van der Waals surface area contributed by atoms with Crippen molar-refractivity contribution in [3.05, 3.63) is 35.9 Å². The number of ether oxygens (including phenoxy) is 1. The third-order valence-electron chi connectivity index (χ3n) is 3.11. The first kappa shape index (κ1) is 15.0. The van der Waals surface area contributed by atoms with Crippen molar-refractivity contribution in [1.82, 2.24) is 10.6 Å². The molecule has 1 fully saturated rings. The maximum Gasteiger partial charge on any atom is 0.321 e. The highest BCUT2D eigenvalue weighted by Crippen LogP contribution is 2.30. The van der Waals surface area contributed by atoms with Gasteiger partial charge in [-0.15, -0.1) is 0 Å². The Balaban J connectivity index is 1.71. The van der Waals surface area contributed by atoms with Crippen molar-refractivity contribution >= 4 is 17.9 Å². The number of nitrogens with one attached hydrogen (secondary N) is 2. The van der Waals surface area contributed by atoms with Crippen LogP contribution in [0.1, 0.15) is 25.3 Å². The predicted molar refractivity (Wildman–Crippen MR) is 75.1 cm³/mol. The summed E-state index contributed by atoms with van der Waals surface area (Å²) in [6.45, 7) is 1.76. The molecule has 0 aromatic heterocycles. The van der Waals surface area contributed by atoms with E-state index >= 15 is 0 Å². The largest absolute Gasteiger partial charge is 0.452 e. The third-order valence-corrected chi connectivity index (χ3v) is 3.11. The van der Waals surface area contributed by atoms with Gasteiger partial charge in [-0.2, -0.15) is 0 Å². The van der Waals surface area contributed by atoms with E-state index in [0.29, 0.717) is 6.54 Å². The molecule has 6 heteroatoms. The van der Waals surface area contributed by atoms with Crippen molar-refractivity contribution in [1.29, 1.82) is 0 Å². The lowest BCUT2D eigenvalue weighted by Crippen LogP contribution is -2.44. The minimum absolute atomic E-state index is 0.0767. The molecule has 1 aromatic carbocycles. The number of rotatable bonds is 5. The molecule has 0 bridgehead atoms. The molecule has 0 aliphatic heterocycles. The average Bonchev–Trinajstić information content (AvgIpc) is 3.30. The molecule has 0 spiro atoms. The van der Waals surface area contributed by atoms with Crippen molar-refractivity contribution in [3.63, 3.8) is 0 Å². The van der Waals surface area contributed by atoms with E-state index in [4.69, 9.17) is 4.74 Å². The van der Waals surface area contributed by atoms with Gasteiger partial charge in [0.15, 0.2) is 6.10 Å². The molecule has 1 aliphatic rings. The highest BCUT2D eigenvalue weighted by molar-refractivity contribution is 5.97. The topological polar surface area (TPSA) is 84.5 Å². The van der Waals surface area contributed by atoms with E-state index in [-0.39, 0.29) is 11.9 Å². The summed E-state index contributed by atoms with van der Waals surface area (Å²) in [6.07, 6.45) is 0.649. The van der Waals surface area contributed by atoms with E-state index in [0.717, 1.165) is 18.4 Å². The van der Waals surface area contributed by atoms with Gasteiger partial charge in [-0.25, -0.2) is 4.79 Å². The van der Waals surface area contributed by atoms with Crippen molar-refractivity contribution in [2.24, 2.45) is 5.92 Å². The number of hydrogen-bond acceptors (Lipinski definition) is 4. The summed E-state index contributed by atoms with van der Waals surface area (Å²) in [7, 11) is 0. The Labute approximate surface area is 122 Å². The van der Waals surface area contributed by atoms with Crippen LogP contribution in [0.15, 0.2) is 30.3 Å². The zero-order valence-electron chi connectivity index (χ0n) is 11.8. The second-order valence-corrected chi connectivity index (χ2v) is 5.01. The van der Waals surface area contributed by atoms with E-state index in [1.54, 1.807) is 0 Å². The summed E-state index contributed by atoms with van der Waals surface area (Å²) in [6, 6.07) is 8.71. The van der Waals surface area contributed by atoms with E-state index in [1.165, 1.54) is 6.92 Å². The maximum atomic E-state index is 11.7. The number of imide groups is 1. The van der Waals surface area contributed by atoms with Crippen LogP contribution < -0.4 is 10.6 Å². The van der Waals surface area contributed by atoms with Gasteiger partial charge in [-0.1, -0.05) is 30.3 Å². The molecule has 1 unspecified atom stereocenters. The number of esters is 1. The predicted octanol–water partition coefficient (Wildman–Crippen LogP) is 1.35. The summed E-state index contributed by atoms with van der Waals surface area (Å²) in [5.74, 6) is -1.08. The van der Waals surface area contributed by atoms with E-state index in [2.05, 4.69) is 10.6 Å². The first-order valence-corrected chi connectivity index (χ1v) is 6.89. The average molecular weight is 290 g/mol. The lowest BCUT2D eigenvalue weighted by molar-refractivity contribution is -0.155. The van der Waals surface area contributed by atoms with Crippen molar-refractivity contribution in [2.75, 3.05) is 0 Å². The number of amides is 3. The highest BCUT2D eigenvalue weighted by atomic mass is 16.5. The molecule has 0 saturated heterocycles. The van der Waals surface area contributed by atoms with Crippen LogP contribution in [0.3, 0.4) is 0 Å². The van der Waals surface area contributed by atoms with Crippen molar-refractivity contribution < 1.29 is 19.1 Å². The van der Waals surface area contributed by atoms with Gasteiger partial charge in [0.1, 0.15) is 0 Å². The Morgan fingerprint density at radius 3 is 2.52 bits per heavy atom. The molecule has 21 heavy (non-hydrogen) atoms. The molecule has 0 radical (unpaired) electrons. The Morgan fingerprint density at radius 1 is 1.24 bits per heavy atom. The molecular weight excluding hydrogens is 272 g/mol. The molecule has 0 heterocycles. The fourth-order valence-corrected chi connectivity index (χ4v) is 1.68. The van der Waals surface area contributed by atoms with Gasteiger partial charge in [-0.3, -0.25) is 14.9 Å². The summed E-state index contributed by atoms with van der Waals surface area (Å²) in [4.78, 5) is 34.7. The Hall–Kier alpha value is -2.37. The molecule has 2 rings (SSSR count). The summed E-state index contributed by atoms with van der Waals surface area (Å²) < 4.78 is 4.97. The number of hydrogen-bond donors (Lipinski definition) is 2. The molecule has 112 valence electrons.